The van der Waals surface area contributed by atoms with Crippen molar-refractivity contribution in [3.8, 4) is 17.1 Å². The van der Waals surface area contributed by atoms with Gasteiger partial charge in [-0.1, -0.05) is 30.3 Å². The molecule has 0 aliphatic carbocycles. The van der Waals surface area contributed by atoms with Gasteiger partial charge in [0.15, 0.2) is 17.3 Å². The highest BCUT2D eigenvalue weighted by molar-refractivity contribution is 6.01. The minimum Gasteiger partial charge on any atom is -0.497 e. The van der Waals surface area contributed by atoms with Crippen LogP contribution in [0.25, 0.3) is 27.8 Å². The number of likely N-dealkylation sites (tertiary alicyclic amines) is 1. The first-order valence-corrected chi connectivity index (χ1v) is 13.2. The van der Waals surface area contributed by atoms with E-state index >= 15 is 0 Å². The molecule has 0 atom stereocenters. The van der Waals surface area contributed by atoms with Crippen molar-refractivity contribution >= 4 is 45.4 Å². The van der Waals surface area contributed by atoms with Crippen LogP contribution in [0.1, 0.15) is 19.8 Å². The van der Waals surface area contributed by atoms with Crippen molar-refractivity contribution in [2.75, 3.05) is 30.8 Å². The number of carbonyl (C=O) groups excluding carboxylic acids is 2. The molecule has 10 heteroatoms. The first-order valence-electron chi connectivity index (χ1n) is 13.2. The van der Waals surface area contributed by atoms with Gasteiger partial charge in [0.2, 0.25) is 11.8 Å². The van der Waals surface area contributed by atoms with Crippen LogP contribution in [-0.2, 0) is 9.59 Å². The SMILES string of the molecule is COc1ccc(-c2nnc3c4ccccc4c(Nc4cccc(NC(=O)C5CCN(C(C)=O)CC5)c4)nn23)cc1. The number of piperidine rings is 1. The summed E-state index contributed by atoms with van der Waals surface area (Å²) < 4.78 is 7.03. The number of nitrogens with one attached hydrogen (secondary N) is 2. The van der Waals surface area contributed by atoms with E-state index in [1.54, 1.807) is 23.4 Å². The second kappa shape index (κ2) is 10.6. The molecule has 6 rings (SSSR count). The van der Waals surface area contributed by atoms with Gasteiger partial charge in [-0.25, -0.2) is 0 Å². The van der Waals surface area contributed by atoms with Gasteiger partial charge in [-0.05, 0) is 55.3 Å². The van der Waals surface area contributed by atoms with Gasteiger partial charge in [0.25, 0.3) is 0 Å². The van der Waals surface area contributed by atoms with Gasteiger partial charge < -0.3 is 20.3 Å². The molecule has 2 aromatic heterocycles. The Hall–Kier alpha value is -4.99. The summed E-state index contributed by atoms with van der Waals surface area (Å²) in [4.78, 5) is 26.3. The maximum Gasteiger partial charge on any atom is 0.227 e. The summed E-state index contributed by atoms with van der Waals surface area (Å²) in [7, 11) is 1.63. The monoisotopic (exact) mass is 535 g/mol. The minimum atomic E-state index is -0.120. The third-order valence-corrected chi connectivity index (χ3v) is 7.32. The predicted octanol–water partition coefficient (Wildman–Crippen LogP) is 4.89. The number of aromatic nitrogens is 4. The van der Waals surface area contributed by atoms with E-state index in [4.69, 9.17) is 9.84 Å². The molecule has 0 saturated carbocycles. The van der Waals surface area contributed by atoms with Crippen molar-refractivity contribution in [2.24, 2.45) is 5.92 Å². The van der Waals surface area contributed by atoms with Crippen LogP contribution in [0.2, 0.25) is 0 Å². The molecule has 2 N–H and O–H groups in total. The molecule has 0 radical (unpaired) electrons. The van der Waals surface area contributed by atoms with E-state index < -0.39 is 0 Å². The average molecular weight is 536 g/mol. The maximum absolute atomic E-state index is 12.9. The number of methoxy groups -OCH3 is 1. The van der Waals surface area contributed by atoms with Crippen molar-refractivity contribution < 1.29 is 14.3 Å². The standard InChI is InChI=1S/C30H29N7O3/c1-19(38)36-16-14-21(15-17-36)30(39)32-23-7-5-6-22(18-23)31-27-25-8-3-4-9-26(25)29-34-33-28(37(29)35-27)20-10-12-24(40-2)13-11-20/h3-13,18,21H,14-17H2,1-2H3,(H,31,35)(H,32,39). The zero-order chi connectivity index (χ0) is 27.6. The van der Waals surface area contributed by atoms with Gasteiger partial charge in [-0.3, -0.25) is 9.59 Å². The van der Waals surface area contributed by atoms with Crippen molar-refractivity contribution in [2.45, 2.75) is 19.8 Å². The van der Waals surface area contributed by atoms with Crippen LogP contribution in [0.3, 0.4) is 0 Å². The van der Waals surface area contributed by atoms with Crippen molar-refractivity contribution in [1.29, 1.82) is 0 Å². The van der Waals surface area contributed by atoms with E-state index in [2.05, 4.69) is 20.8 Å². The zero-order valence-electron chi connectivity index (χ0n) is 22.3. The lowest BCUT2D eigenvalue weighted by Gasteiger charge is -2.30. The molecule has 1 fully saturated rings. The number of rotatable bonds is 6. The molecule has 3 aromatic carbocycles. The molecule has 0 bridgehead atoms. The molecule has 0 spiro atoms. The highest BCUT2D eigenvalue weighted by Crippen LogP contribution is 2.30. The van der Waals surface area contributed by atoms with Crippen LogP contribution in [-0.4, -0.2) is 56.7 Å². The summed E-state index contributed by atoms with van der Waals surface area (Å²) in [5.74, 6) is 1.91. The van der Waals surface area contributed by atoms with E-state index in [0.29, 0.717) is 48.9 Å². The largest absolute Gasteiger partial charge is 0.497 e. The molecule has 2 amide bonds. The summed E-state index contributed by atoms with van der Waals surface area (Å²) in [6, 6.07) is 23.1. The second-order valence-corrected chi connectivity index (χ2v) is 9.86. The number of ether oxygens (including phenoxy) is 1. The molecule has 40 heavy (non-hydrogen) atoms. The summed E-state index contributed by atoms with van der Waals surface area (Å²) >= 11 is 0. The Balaban J connectivity index is 1.28. The fraction of sp³-hybridized carbons (Fsp3) is 0.233. The molecule has 0 unspecified atom stereocenters. The van der Waals surface area contributed by atoms with Gasteiger partial charge in [0, 0.05) is 53.6 Å². The van der Waals surface area contributed by atoms with Crippen molar-refractivity contribution in [3.63, 3.8) is 0 Å². The smallest absolute Gasteiger partial charge is 0.227 e. The normalized spacial score (nSPS) is 13.9. The Morgan fingerprint density at radius 1 is 0.900 bits per heavy atom. The highest BCUT2D eigenvalue weighted by atomic mass is 16.5. The molecule has 1 aliphatic rings. The van der Waals surface area contributed by atoms with E-state index in [1.165, 1.54) is 0 Å². The molecule has 3 heterocycles. The van der Waals surface area contributed by atoms with E-state index in [0.717, 1.165) is 27.8 Å². The Bertz CT molecular complexity index is 1710. The van der Waals surface area contributed by atoms with E-state index in [1.807, 2.05) is 72.8 Å². The second-order valence-electron chi connectivity index (χ2n) is 9.86. The third kappa shape index (κ3) is 4.91. The minimum absolute atomic E-state index is 0.0287. The number of carbonyl (C=O) groups is 2. The molecule has 202 valence electrons. The van der Waals surface area contributed by atoms with Gasteiger partial charge in [0.1, 0.15) is 5.75 Å². The molecule has 1 saturated heterocycles. The number of fused-ring (bicyclic) bond motifs is 3. The first-order chi connectivity index (χ1) is 19.5. The lowest BCUT2D eigenvalue weighted by molar-refractivity contribution is -0.132. The zero-order valence-corrected chi connectivity index (χ0v) is 22.3. The Kier molecular flexibility index (Phi) is 6.73. The van der Waals surface area contributed by atoms with Gasteiger partial charge in [0.05, 0.1) is 7.11 Å². The number of anilines is 3. The fourth-order valence-corrected chi connectivity index (χ4v) is 5.11. The van der Waals surface area contributed by atoms with Gasteiger partial charge >= 0.3 is 0 Å². The lowest BCUT2D eigenvalue weighted by atomic mass is 9.96. The highest BCUT2D eigenvalue weighted by Gasteiger charge is 2.26. The molecule has 10 nitrogen and oxygen atoms in total. The Labute approximate surface area is 231 Å². The van der Waals surface area contributed by atoms with Crippen LogP contribution in [0.5, 0.6) is 5.75 Å². The topological polar surface area (TPSA) is 114 Å². The average Bonchev–Trinajstić information content (AvgIpc) is 3.41. The van der Waals surface area contributed by atoms with Crippen molar-refractivity contribution in [3.05, 3.63) is 72.8 Å². The Morgan fingerprint density at radius 2 is 1.62 bits per heavy atom. The summed E-state index contributed by atoms with van der Waals surface area (Å²) in [5.41, 5.74) is 2.99. The fourth-order valence-electron chi connectivity index (χ4n) is 5.11. The summed E-state index contributed by atoms with van der Waals surface area (Å²) in [6.07, 6.45) is 1.32. The number of amides is 2. The summed E-state index contributed by atoms with van der Waals surface area (Å²) in [6.45, 7) is 2.79. The predicted molar refractivity (Wildman–Crippen MR) is 154 cm³/mol. The maximum atomic E-state index is 12.9. The molecular formula is C30H29N7O3. The Morgan fingerprint density at radius 3 is 2.35 bits per heavy atom. The molecule has 5 aromatic rings. The van der Waals surface area contributed by atoms with Gasteiger partial charge in [-0.15, -0.1) is 15.3 Å². The summed E-state index contributed by atoms with van der Waals surface area (Å²) in [5, 5.41) is 22.1. The van der Waals surface area contributed by atoms with Crippen LogP contribution < -0.4 is 15.4 Å². The van der Waals surface area contributed by atoms with Gasteiger partial charge in [-0.2, -0.15) is 4.52 Å². The molecular weight excluding hydrogens is 506 g/mol. The number of hydrogen-bond acceptors (Lipinski definition) is 7. The number of nitrogens with zero attached hydrogens (tertiary/aromatic N) is 5. The van der Waals surface area contributed by atoms with Crippen LogP contribution in [0.15, 0.2) is 72.8 Å². The number of benzene rings is 3. The third-order valence-electron chi connectivity index (χ3n) is 7.32. The number of hydrogen-bond donors (Lipinski definition) is 2. The quantitative estimate of drug-likeness (QED) is 0.318. The van der Waals surface area contributed by atoms with Crippen LogP contribution >= 0.6 is 0 Å². The van der Waals surface area contributed by atoms with Crippen LogP contribution in [0, 0.1) is 5.92 Å². The van der Waals surface area contributed by atoms with Crippen molar-refractivity contribution in [1.82, 2.24) is 24.7 Å². The van der Waals surface area contributed by atoms with E-state index in [9.17, 15) is 9.59 Å². The van der Waals surface area contributed by atoms with Crippen LogP contribution in [0.4, 0.5) is 17.2 Å². The lowest BCUT2D eigenvalue weighted by Crippen LogP contribution is -2.40. The first kappa shape index (κ1) is 25.3. The molecule has 1 aliphatic heterocycles. The van der Waals surface area contributed by atoms with E-state index in [-0.39, 0.29) is 17.7 Å².